The lowest BCUT2D eigenvalue weighted by Gasteiger charge is -2.21. The van der Waals surface area contributed by atoms with Gasteiger partial charge in [0.15, 0.2) is 23.8 Å². The van der Waals surface area contributed by atoms with Gasteiger partial charge in [-0.3, -0.25) is 0 Å². The van der Waals surface area contributed by atoms with Crippen molar-refractivity contribution >= 4 is 22.1 Å². The molecule has 1 N–H and O–H groups in total. The molecule has 2 unspecified atom stereocenters. The maximum absolute atomic E-state index is 15.6. The van der Waals surface area contributed by atoms with E-state index >= 15 is 4.39 Å². The number of nitrogens with zero attached hydrogens (tertiary/aromatic N) is 1. The maximum Gasteiger partial charge on any atom is 0.390 e. The van der Waals surface area contributed by atoms with E-state index in [-0.39, 0.29) is 61.2 Å². The molecule has 2 aromatic carbocycles. The average molecular weight is 497 g/mol. The van der Waals surface area contributed by atoms with E-state index in [1.807, 2.05) is 0 Å². The molecule has 0 radical (unpaired) electrons. The lowest BCUT2D eigenvalue weighted by Crippen LogP contribution is -2.49. The molecule has 180 valence electrons. The number of ether oxygens (including phenoxy) is 1. The van der Waals surface area contributed by atoms with Crippen molar-refractivity contribution in [1.29, 1.82) is 0 Å². The molecule has 3 aliphatic rings. The highest BCUT2D eigenvalue weighted by Gasteiger charge is 2.57. The Labute approximate surface area is 193 Å². The molecule has 2 aromatic rings. The Hall–Kier alpha value is -2.79. The van der Waals surface area contributed by atoms with Crippen LogP contribution >= 0.6 is 0 Å². The van der Waals surface area contributed by atoms with Crippen molar-refractivity contribution in [3.05, 3.63) is 53.3 Å². The van der Waals surface area contributed by atoms with Gasteiger partial charge in [0.2, 0.25) is 15.0 Å². The highest BCUT2D eigenvalue weighted by atomic mass is 32.2. The summed E-state index contributed by atoms with van der Waals surface area (Å²) in [5, 5.41) is -2.33. The number of amides is 1. The van der Waals surface area contributed by atoms with Gasteiger partial charge in [-0.25, -0.2) is 35.5 Å². The van der Waals surface area contributed by atoms with Crippen molar-refractivity contribution < 1.29 is 40.1 Å². The molecule has 2 heterocycles. The van der Waals surface area contributed by atoms with Crippen LogP contribution in [0.15, 0.2) is 30.3 Å². The molecule has 1 saturated carbocycles. The number of carbonyl (C=O) groups is 1. The zero-order valence-corrected chi connectivity index (χ0v) is 18.7. The van der Waals surface area contributed by atoms with Gasteiger partial charge in [-0.1, -0.05) is 18.2 Å². The molecule has 5 rings (SSSR count). The molecule has 2 bridgehead atoms. The van der Waals surface area contributed by atoms with Crippen LogP contribution in [0.25, 0.3) is 11.1 Å². The molecule has 0 saturated heterocycles. The van der Waals surface area contributed by atoms with Crippen molar-refractivity contribution in [2.75, 3.05) is 6.61 Å². The summed E-state index contributed by atoms with van der Waals surface area (Å²) in [6.45, 7) is -0.267. The van der Waals surface area contributed by atoms with Gasteiger partial charge in [-0.15, -0.1) is 0 Å². The third kappa shape index (κ3) is 3.90. The van der Waals surface area contributed by atoms with Crippen LogP contribution in [0.4, 0.5) is 17.6 Å². The first-order valence-electron chi connectivity index (χ1n) is 10.8. The maximum atomic E-state index is 15.6. The molecule has 1 amide bonds. The third-order valence-electron chi connectivity index (χ3n) is 6.47. The standard InChI is InChI=1S/C23H21F4N2O4S/c24-14-11-16-15-3-1-2-13(21(15)26)10-19-18(28-34(31,32)23(27)6-7-23)4-8-29(19)20(30)5-9-33-22(16)17(25)12-14/h1-3,8,11-12,18-19,28H,4-7,9-10H2/q+1. The minimum absolute atomic E-state index is 0.0934. The van der Waals surface area contributed by atoms with Gasteiger partial charge in [0.25, 0.3) is 0 Å². The second-order valence-corrected chi connectivity index (χ2v) is 10.7. The van der Waals surface area contributed by atoms with Crippen molar-refractivity contribution in [3.63, 3.8) is 0 Å². The predicted octanol–water partition coefficient (Wildman–Crippen LogP) is 3.23. The number of benzene rings is 2. The fraction of sp³-hybridized carbons (Fsp3) is 0.391. The molecule has 34 heavy (non-hydrogen) atoms. The van der Waals surface area contributed by atoms with Crippen molar-refractivity contribution in [3.8, 4) is 16.9 Å². The molecule has 1 aliphatic carbocycles. The van der Waals surface area contributed by atoms with Crippen LogP contribution in [0, 0.1) is 17.5 Å². The highest BCUT2D eigenvalue weighted by Crippen LogP contribution is 2.44. The number of rotatable bonds is 3. The number of halogens is 4. The van der Waals surface area contributed by atoms with Crippen LogP contribution in [-0.4, -0.2) is 48.8 Å². The number of nitrogens with one attached hydrogen (secondary N) is 1. The largest absolute Gasteiger partial charge is 0.489 e. The predicted molar refractivity (Wildman–Crippen MR) is 114 cm³/mol. The summed E-state index contributed by atoms with van der Waals surface area (Å²) < 4.78 is 92.5. The summed E-state index contributed by atoms with van der Waals surface area (Å²) in [5.41, 5.74) is -0.119. The monoisotopic (exact) mass is 497 g/mol. The molecule has 11 heteroatoms. The second kappa shape index (κ2) is 8.16. The van der Waals surface area contributed by atoms with E-state index in [9.17, 15) is 26.4 Å². The van der Waals surface area contributed by atoms with Gasteiger partial charge >= 0.3 is 5.91 Å². The Morgan fingerprint density at radius 1 is 1.12 bits per heavy atom. The normalized spacial score (nSPS) is 23.6. The Bertz CT molecular complexity index is 1320. The van der Waals surface area contributed by atoms with E-state index in [0.29, 0.717) is 6.07 Å². The van der Waals surface area contributed by atoms with Crippen LogP contribution < -0.4 is 9.46 Å². The number of hydrogen-bond donors (Lipinski definition) is 1. The Kier molecular flexibility index (Phi) is 5.51. The second-order valence-electron chi connectivity index (χ2n) is 8.74. The Morgan fingerprint density at radius 2 is 1.88 bits per heavy atom. The smallest absolute Gasteiger partial charge is 0.390 e. The summed E-state index contributed by atoms with van der Waals surface area (Å²) >= 11 is 0. The molecular weight excluding hydrogens is 476 g/mol. The van der Waals surface area contributed by atoms with E-state index in [1.165, 1.54) is 29.0 Å². The van der Waals surface area contributed by atoms with E-state index in [4.69, 9.17) is 4.74 Å². The SMILES string of the molecule is O=C1CCOc2c(F)cc(F)cc2-c2cccc(c2F)CC2C(NS(=O)(=O)C3(F)CC3)CC=[N+]12. The summed E-state index contributed by atoms with van der Waals surface area (Å²) in [7, 11) is -4.29. The van der Waals surface area contributed by atoms with Gasteiger partial charge < -0.3 is 4.74 Å². The number of fused-ring (bicyclic) bond motifs is 5. The summed E-state index contributed by atoms with van der Waals surface area (Å²) in [6.07, 6.45) is 1.11. The summed E-state index contributed by atoms with van der Waals surface area (Å²) in [4.78, 5) is 12.9. The lowest BCUT2D eigenvalue weighted by atomic mass is 9.95. The van der Waals surface area contributed by atoms with E-state index in [0.717, 1.165) is 6.07 Å². The first kappa shape index (κ1) is 23.0. The zero-order valence-electron chi connectivity index (χ0n) is 17.9. The third-order valence-corrected chi connectivity index (χ3v) is 8.45. The molecule has 2 atom stereocenters. The molecular formula is C23H21F4N2O4S+. The first-order valence-corrected chi connectivity index (χ1v) is 12.3. The zero-order chi connectivity index (χ0) is 24.3. The van der Waals surface area contributed by atoms with Gasteiger partial charge in [0, 0.05) is 42.9 Å². The lowest BCUT2D eigenvalue weighted by molar-refractivity contribution is -0.479. The van der Waals surface area contributed by atoms with E-state index in [1.54, 1.807) is 0 Å². The average Bonchev–Trinajstić information content (AvgIpc) is 3.42. The molecule has 1 fully saturated rings. The van der Waals surface area contributed by atoms with E-state index < -0.39 is 50.5 Å². The summed E-state index contributed by atoms with van der Waals surface area (Å²) in [5.74, 6) is -3.53. The Morgan fingerprint density at radius 3 is 2.62 bits per heavy atom. The van der Waals surface area contributed by atoms with Gasteiger partial charge in [0.05, 0.1) is 6.04 Å². The van der Waals surface area contributed by atoms with Crippen LogP contribution in [0.3, 0.4) is 0 Å². The fourth-order valence-corrected chi connectivity index (χ4v) is 5.99. The van der Waals surface area contributed by atoms with Crippen molar-refractivity contribution in [2.45, 2.75) is 49.2 Å². The quantitative estimate of drug-likeness (QED) is 0.522. The van der Waals surface area contributed by atoms with Gasteiger partial charge in [-0.2, -0.15) is 4.58 Å². The fourth-order valence-electron chi connectivity index (χ4n) is 4.49. The topological polar surface area (TPSA) is 75.5 Å². The number of sulfonamides is 1. The molecule has 2 aliphatic heterocycles. The van der Waals surface area contributed by atoms with Crippen LogP contribution in [0.5, 0.6) is 5.75 Å². The highest BCUT2D eigenvalue weighted by molar-refractivity contribution is 7.91. The molecule has 0 spiro atoms. The minimum Gasteiger partial charge on any atom is -0.489 e. The molecule has 0 aromatic heterocycles. The van der Waals surface area contributed by atoms with Gasteiger partial charge in [-0.05, 0) is 11.6 Å². The van der Waals surface area contributed by atoms with Crippen molar-refractivity contribution in [1.82, 2.24) is 4.72 Å². The number of hydrogen-bond acceptors (Lipinski definition) is 4. The number of carbonyl (C=O) groups excluding carboxylic acids is 1. The number of alkyl halides is 1. The Balaban J connectivity index is 1.57. The van der Waals surface area contributed by atoms with Crippen LogP contribution in [-0.2, 0) is 21.2 Å². The molecule has 6 nitrogen and oxygen atoms in total. The minimum atomic E-state index is -4.29. The first-order chi connectivity index (χ1) is 16.1. The van der Waals surface area contributed by atoms with Crippen LogP contribution in [0.2, 0.25) is 0 Å². The van der Waals surface area contributed by atoms with E-state index in [2.05, 4.69) is 4.72 Å². The van der Waals surface area contributed by atoms with Gasteiger partial charge in [0.1, 0.15) is 24.7 Å². The van der Waals surface area contributed by atoms with Crippen LogP contribution in [0.1, 0.15) is 31.2 Å². The van der Waals surface area contributed by atoms with Crippen molar-refractivity contribution in [2.24, 2.45) is 0 Å². The summed E-state index contributed by atoms with van der Waals surface area (Å²) in [6, 6.07) is 4.19.